The van der Waals surface area contributed by atoms with Gasteiger partial charge in [-0.1, -0.05) is 0 Å². The van der Waals surface area contributed by atoms with E-state index in [1.54, 1.807) is 7.11 Å². The van der Waals surface area contributed by atoms with Crippen LogP contribution in [0.3, 0.4) is 0 Å². The summed E-state index contributed by atoms with van der Waals surface area (Å²) >= 11 is 0. The van der Waals surface area contributed by atoms with Gasteiger partial charge in [0, 0.05) is 44.0 Å². The smallest absolute Gasteiger partial charge is 0.163 e. The number of nitrogens with one attached hydrogen (secondary N) is 1. The average Bonchev–Trinajstić information content (AvgIpc) is 3.36. The molecule has 0 amide bonds. The molecule has 2 aliphatic heterocycles. The summed E-state index contributed by atoms with van der Waals surface area (Å²) in [5, 5.41) is 3.70. The predicted octanol–water partition coefficient (Wildman–Crippen LogP) is 3.73. The fourth-order valence-electron chi connectivity index (χ4n) is 4.60. The number of likely N-dealkylation sites (tertiary alicyclic amines) is 1. The lowest BCUT2D eigenvalue weighted by molar-refractivity contribution is 0.201. The Morgan fingerprint density at radius 2 is 1.75 bits per heavy atom. The van der Waals surface area contributed by atoms with E-state index in [-0.39, 0.29) is 24.8 Å². The maximum absolute atomic E-state index is 6.29. The molecule has 1 N–H and O–H groups in total. The quantitative estimate of drug-likeness (QED) is 0.742. The van der Waals surface area contributed by atoms with E-state index in [1.165, 1.54) is 57.3 Å². The van der Waals surface area contributed by atoms with Gasteiger partial charge in [-0.15, -0.1) is 24.8 Å². The lowest BCUT2D eigenvalue weighted by Gasteiger charge is -2.37. The molecule has 5 nitrogen and oxygen atoms in total. The van der Waals surface area contributed by atoms with Gasteiger partial charge in [0.05, 0.1) is 13.2 Å². The average molecular weight is 432 g/mol. The zero-order valence-electron chi connectivity index (χ0n) is 16.9. The second kappa shape index (κ2) is 11.3. The Bertz CT molecular complexity index is 593. The van der Waals surface area contributed by atoms with Crippen LogP contribution in [-0.2, 0) is 0 Å². The first-order chi connectivity index (χ1) is 12.8. The fourth-order valence-corrected chi connectivity index (χ4v) is 4.60. The molecule has 2 heterocycles. The summed E-state index contributed by atoms with van der Waals surface area (Å²) in [5.74, 6) is 1.76. The molecule has 0 unspecified atom stereocenters. The van der Waals surface area contributed by atoms with E-state index in [1.807, 2.05) is 0 Å². The van der Waals surface area contributed by atoms with Crippen LogP contribution in [0.25, 0.3) is 0 Å². The number of hydrogen-bond acceptors (Lipinski definition) is 5. The molecule has 7 heteroatoms. The van der Waals surface area contributed by atoms with Crippen molar-refractivity contribution in [2.75, 3.05) is 51.3 Å². The van der Waals surface area contributed by atoms with Crippen LogP contribution in [0.4, 0.5) is 5.69 Å². The Balaban J connectivity index is 0.00000140. The van der Waals surface area contributed by atoms with Gasteiger partial charge in [0.25, 0.3) is 0 Å². The molecule has 2 saturated heterocycles. The standard InChI is InChI=1S/C21H33N3O2.2ClH/c1-25-20-9-8-18(14-21(20)26-19-6-2-3-7-19)24-13-10-22-17(16-24)15-23-11-4-5-12-23;;/h8-9,14,17,19,22H,2-7,10-13,15-16H2,1H3;2*1H/t17-;;/m0../s1. The van der Waals surface area contributed by atoms with Gasteiger partial charge in [0.1, 0.15) is 0 Å². The van der Waals surface area contributed by atoms with Gasteiger partial charge in [-0.3, -0.25) is 0 Å². The summed E-state index contributed by atoms with van der Waals surface area (Å²) in [7, 11) is 1.73. The van der Waals surface area contributed by atoms with E-state index in [9.17, 15) is 0 Å². The number of methoxy groups -OCH3 is 1. The highest BCUT2D eigenvalue weighted by Gasteiger charge is 2.24. The first-order valence-corrected chi connectivity index (χ1v) is 10.4. The van der Waals surface area contributed by atoms with Crippen molar-refractivity contribution < 1.29 is 9.47 Å². The Labute approximate surface area is 181 Å². The van der Waals surface area contributed by atoms with Crippen LogP contribution in [0.15, 0.2) is 18.2 Å². The van der Waals surface area contributed by atoms with Gasteiger partial charge in [-0.2, -0.15) is 0 Å². The van der Waals surface area contributed by atoms with Crippen molar-refractivity contribution >= 4 is 30.5 Å². The lowest BCUT2D eigenvalue weighted by atomic mass is 10.1. The van der Waals surface area contributed by atoms with Crippen molar-refractivity contribution in [2.24, 2.45) is 0 Å². The second-order valence-electron chi connectivity index (χ2n) is 7.96. The van der Waals surface area contributed by atoms with Gasteiger partial charge >= 0.3 is 0 Å². The number of nitrogens with zero attached hydrogens (tertiary/aromatic N) is 2. The van der Waals surface area contributed by atoms with Crippen molar-refractivity contribution in [2.45, 2.75) is 50.7 Å². The van der Waals surface area contributed by atoms with Crippen LogP contribution in [-0.4, -0.2) is 63.4 Å². The largest absolute Gasteiger partial charge is 0.493 e. The summed E-state index contributed by atoms with van der Waals surface area (Å²) < 4.78 is 11.8. The molecule has 0 bridgehead atoms. The molecular formula is C21H35Cl2N3O2. The molecule has 0 radical (unpaired) electrons. The topological polar surface area (TPSA) is 37.0 Å². The molecule has 0 aromatic heterocycles. The first kappa shape index (κ1) is 23.4. The van der Waals surface area contributed by atoms with Gasteiger partial charge in [-0.05, 0) is 63.7 Å². The van der Waals surface area contributed by atoms with Crippen molar-refractivity contribution in [3.05, 3.63) is 18.2 Å². The van der Waals surface area contributed by atoms with E-state index in [0.717, 1.165) is 37.7 Å². The number of hydrogen-bond donors (Lipinski definition) is 1. The Morgan fingerprint density at radius 3 is 2.46 bits per heavy atom. The molecule has 28 heavy (non-hydrogen) atoms. The van der Waals surface area contributed by atoms with E-state index in [2.05, 4.69) is 33.3 Å². The molecule has 1 aromatic rings. The van der Waals surface area contributed by atoms with E-state index >= 15 is 0 Å². The number of halogens is 2. The minimum atomic E-state index is 0. The predicted molar refractivity (Wildman–Crippen MR) is 120 cm³/mol. The van der Waals surface area contributed by atoms with Gasteiger partial charge < -0.3 is 24.6 Å². The van der Waals surface area contributed by atoms with Crippen molar-refractivity contribution in [1.29, 1.82) is 0 Å². The van der Waals surface area contributed by atoms with Crippen LogP contribution in [0, 0.1) is 0 Å². The van der Waals surface area contributed by atoms with Crippen LogP contribution in [0.5, 0.6) is 11.5 Å². The minimum absolute atomic E-state index is 0. The third kappa shape index (κ3) is 5.82. The van der Waals surface area contributed by atoms with Gasteiger partial charge in [0.15, 0.2) is 11.5 Å². The monoisotopic (exact) mass is 431 g/mol. The Kier molecular flexibility index (Phi) is 9.48. The Hall–Kier alpha value is -0.880. The molecule has 1 atom stereocenters. The summed E-state index contributed by atoms with van der Waals surface area (Å²) in [6.45, 7) is 6.85. The van der Waals surface area contributed by atoms with E-state index in [0.29, 0.717) is 12.1 Å². The molecule has 3 aliphatic rings. The normalized spacial score (nSPS) is 23.2. The van der Waals surface area contributed by atoms with E-state index < -0.39 is 0 Å². The summed E-state index contributed by atoms with van der Waals surface area (Å²) in [6, 6.07) is 6.98. The minimum Gasteiger partial charge on any atom is -0.493 e. The molecular weight excluding hydrogens is 397 g/mol. The number of ether oxygens (including phenoxy) is 2. The fraction of sp³-hybridized carbons (Fsp3) is 0.714. The van der Waals surface area contributed by atoms with Crippen LogP contribution < -0.4 is 19.7 Å². The molecule has 1 aromatic carbocycles. The highest BCUT2D eigenvalue weighted by molar-refractivity contribution is 5.85. The maximum Gasteiger partial charge on any atom is 0.163 e. The molecule has 1 saturated carbocycles. The van der Waals surface area contributed by atoms with Gasteiger partial charge in [0.2, 0.25) is 0 Å². The van der Waals surface area contributed by atoms with Gasteiger partial charge in [-0.25, -0.2) is 0 Å². The van der Waals surface area contributed by atoms with Crippen LogP contribution in [0.1, 0.15) is 38.5 Å². The van der Waals surface area contributed by atoms with E-state index in [4.69, 9.17) is 9.47 Å². The third-order valence-corrected chi connectivity index (χ3v) is 6.04. The third-order valence-electron chi connectivity index (χ3n) is 6.04. The SMILES string of the molecule is COc1ccc(N2CCN[C@@H](CN3CCCC3)C2)cc1OC1CCCC1.Cl.Cl. The molecule has 0 spiro atoms. The van der Waals surface area contributed by atoms with Crippen molar-refractivity contribution in [3.8, 4) is 11.5 Å². The van der Waals surface area contributed by atoms with Crippen molar-refractivity contribution in [3.63, 3.8) is 0 Å². The molecule has 3 fully saturated rings. The summed E-state index contributed by atoms with van der Waals surface area (Å²) in [5.41, 5.74) is 1.26. The second-order valence-corrected chi connectivity index (χ2v) is 7.96. The highest BCUT2D eigenvalue weighted by Crippen LogP contribution is 2.35. The maximum atomic E-state index is 6.29. The Morgan fingerprint density at radius 1 is 1.00 bits per heavy atom. The molecule has 1 aliphatic carbocycles. The van der Waals surface area contributed by atoms with Crippen LogP contribution in [0.2, 0.25) is 0 Å². The summed E-state index contributed by atoms with van der Waals surface area (Å²) in [6.07, 6.45) is 7.96. The number of anilines is 1. The zero-order valence-corrected chi connectivity index (χ0v) is 18.5. The number of piperazine rings is 1. The van der Waals surface area contributed by atoms with Crippen LogP contribution >= 0.6 is 24.8 Å². The lowest BCUT2D eigenvalue weighted by Crippen LogP contribution is -2.54. The number of benzene rings is 1. The van der Waals surface area contributed by atoms with Crippen molar-refractivity contribution in [1.82, 2.24) is 10.2 Å². The molecule has 4 rings (SSSR count). The first-order valence-electron chi connectivity index (χ1n) is 10.4. The highest BCUT2D eigenvalue weighted by atomic mass is 35.5. The zero-order chi connectivity index (χ0) is 17.8. The summed E-state index contributed by atoms with van der Waals surface area (Å²) in [4.78, 5) is 5.10. The molecule has 160 valence electrons. The number of rotatable bonds is 6.